The van der Waals surface area contributed by atoms with Crippen LogP contribution in [0.2, 0.25) is 0 Å². The molecule has 106 valence electrons. The molecule has 1 fully saturated rings. The maximum absolute atomic E-state index is 11.7. The molecule has 0 saturated carbocycles. The van der Waals surface area contributed by atoms with Gasteiger partial charge in [0.15, 0.2) is 0 Å². The maximum Gasteiger partial charge on any atom is 0.330 e. The minimum Gasteiger partial charge on any atom is -0.394 e. The second-order valence-electron chi connectivity index (χ2n) is 4.33. The van der Waals surface area contributed by atoms with Crippen LogP contribution in [0.5, 0.6) is 0 Å². The van der Waals surface area contributed by atoms with Crippen LogP contribution in [0.15, 0.2) is 21.9 Å². The number of hydrogen-bond donors (Lipinski definition) is 3. The third kappa shape index (κ3) is 2.70. The monoisotopic (exact) mass is 279 g/mol. The van der Waals surface area contributed by atoms with Gasteiger partial charge in [-0.2, -0.15) is 5.26 Å². The first-order valence-corrected chi connectivity index (χ1v) is 5.93. The van der Waals surface area contributed by atoms with Gasteiger partial charge in [-0.15, -0.1) is 0 Å². The summed E-state index contributed by atoms with van der Waals surface area (Å²) in [7, 11) is 0. The summed E-state index contributed by atoms with van der Waals surface area (Å²) in [6.07, 6.45) is 1.33. The summed E-state index contributed by atoms with van der Waals surface area (Å²) in [6, 6.07) is 1.75. The van der Waals surface area contributed by atoms with Crippen LogP contribution in [0.3, 0.4) is 0 Å². The highest BCUT2D eigenvalue weighted by atomic mass is 16.5. The predicted molar refractivity (Wildman–Crippen MR) is 67.6 cm³/mol. The molecule has 2 rings (SSSR count). The third-order valence-electron chi connectivity index (χ3n) is 3.03. The van der Waals surface area contributed by atoms with E-state index in [4.69, 9.17) is 15.1 Å². The van der Waals surface area contributed by atoms with E-state index < -0.39 is 29.7 Å². The van der Waals surface area contributed by atoms with Gasteiger partial charge in [-0.3, -0.25) is 14.3 Å². The minimum absolute atomic E-state index is 0.122. The van der Waals surface area contributed by atoms with Crippen molar-refractivity contribution in [2.45, 2.75) is 24.9 Å². The fourth-order valence-electron chi connectivity index (χ4n) is 2.01. The standard InChI is InChI=1S/C12H13N3O5/c13-3-1-2-7-5-15(12(19)14-11(7)18)10-4-8(17)9(6-16)20-10/h1-2,5,8-10,16-17H,4,6H2,(H,14,18,19)/b2-1+/t8-,9-,10-/m1/s1. The minimum atomic E-state index is -0.887. The SMILES string of the molecule is N#C/C=C/c1cn([C@H]2C[C@@H](O)[C@@H](CO)O2)c(=O)[nH]c1=O. The summed E-state index contributed by atoms with van der Waals surface area (Å²) in [5.74, 6) is 0. The second kappa shape index (κ2) is 5.83. The molecule has 1 aromatic rings. The van der Waals surface area contributed by atoms with Gasteiger partial charge < -0.3 is 14.9 Å². The second-order valence-corrected chi connectivity index (χ2v) is 4.33. The summed E-state index contributed by atoms with van der Waals surface area (Å²) in [6.45, 7) is -0.364. The Hall–Kier alpha value is -2.21. The van der Waals surface area contributed by atoms with E-state index in [9.17, 15) is 14.7 Å². The van der Waals surface area contributed by atoms with Crippen LogP contribution in [0, 0.1) is 11.3 Å². The predicted octanol–water partition coefficient (Wildman–Crippen LogP) is -1.29. The van der Waals surface area contributed by atoms with E-state index in [-0.39, 0.29) is 18.6 Å². The van der Waals surface area contributed by atoms with Gasteiger partial charge in [0.05, 0.1) is 24.3 Å². The Morgan fingerprint density at radius 3 is 2.95 bits per heavy atom. The first kappa shape index (κ1) is 14.2. The number of hydrogen-bond acceptors (Lipinski definition) is 6. The zero-order chi connectivity index (χ0) is 14.7. The molecule has 1 saturated heterocycles. The van der Waals surface area contributed by atoms with Crippen molar-refractivity contribution in [3.63, 3.8) is 0 Å². The van der Waals surface area contributed by atoms with E-state index in [0.29, 0.717) is 0 Å². The molecule has 2 heterocycles. The number of rotatable bonds is 3. The van der Waals surface area contributed by atoms with E-state index in [1.165, 1.54) is 12.3 Å². The van der Waals surface area contributed by atoms with Crippen molar-refractivity contribution < 1.29 is 14.9 Å². The van der Waals surface area contributed by atoms with Gasteiger partial charge in [-0.25, -0.2) is 4.79 Å². The molecular formula is C12H13N3O5. The van der Waals surface area contributed by atoms with E-state index in [2.05, 4.69) is 4.98 Å². The molecule has 0 unspecified atom stereocenters. The molecular weight excluding hydrogens is 266 g/mol. The zero-order valence-corrected chi connectivity index (χ0v) is 10.4. The van der Waals surface area contributed by atoms with E-state index in [1.54, 1.807) is 6.07 Å². The van der Waals surface area contributed by atoms with Crippen LogP contribution in [0.1, 0.15) is 18.2 Å². The highest BCUT2D eigenvalue weighted by molar-refractivity contribution is 5.49. The Balaban J connectivity index is 2.38. The molecule has 0 aliphatic carbocycles. The van der Waals surface area contributed by atoms with Crippen molar-refractivity contribution in [3.8, 4) is 6.07 Å². The summed E-state index contributed by atoms with van der Waals surface area (Å²) in [4.78, 5) is 25.4. The molecule has 3 N–H and O–H groups in total. The summed E-state index contributed by atoms with van der Waals surface area (Å²) >= 11 is 0. The number of nitrogens with zero attached hydrogens (tertiary/aromatic N) is 2. The Kier molecular flexibility index (Phi) is 4.14. The average Bonchev–Trinajstić information content (AvgIpc) is 2.79. The average molecular weight is 279 g/mol. The van der Waals surface area contributed by atoms with Crippen molar-refractivity contribution in [1.82, 2.24) is 9.55 Å². The molecule has 0 spiro atoms. The lowest BCUT2D eigenvalue weighted by Crippen LogP contribution is -2.33. The van der Waals surface area contributed by atoms with Gasteiger partial charge in [-0.05, 0) is 6.08 Å². The summed E-state index contributed by atoms with van der Waals surface area (Å²) < 4.78 is 6.46. The van der Waals surface area contributed by atoms with Crippen molar-refractivity contribution in [1.29, 1.82) is 5.26 Å². The lowest BCUT2D eigenvalue weighted by atomic mass is 10.2. The Labute approximate surface area is 113 Å². The van der Waals surface area contributed by atoms with Crippen LogP contribution in [0.4, 0.5) is 0 Å². The summed E-state index contributed by atoms with van der Waals surface area (Å²) in [5, 5.41) is 27.1. The molecule has 1 aromatic heterocycles. The molecule has 8 nitrogen and oxygen atoms in total. The number of ether oxygens (including phenoxy) is 1. The zero-order valence-electron chi connectivity index (χ0n) is 10.4. The van der Waals surface area contributed by atoms with Crippen molar-refractivity contribution in [3.05, 3.63) is 38.7 Å². The highest BCUT2D eigenvalue weighted by Gasteiger charge is 2.35. The number of nitrogens with one attached hydrogen (secondary N) is 1. The Morgan fingerprint density at radius 2 is 2.35 bits per heavy atom. The molecule has 0 amide bonds. The van der Waals surface area contributed by atoms with Gasteiger partial charge in [0.1, 0.15) is 12.3 Å². The van der Waals surface area contributed by atoms with Gasteiger partial charge in [0.2, 0.25) is 0 Å². The number of aromatic nitrogens is 2. The highest BCUT2D eigenvalue weighted by Crippen LogP contribution is 2.27. The molecule has 0 bridgehead atoms. The smallest absolute Gasteiger partial charge is 0.330 e. The molecule has 3 atom stereocenters. The fraction of sp³-hybridized carbons (Fsp3) is 0.417. The van der Waals surface area contributed by atoms with Gasteiger partial charge >= 0.3 is 5.69 Å². The summed E-state index contributed by atoms with van der Waals surface area (Å²) in [5.41, 5.74) is -1.17. The van der Waals surface area contributed by atoms with Crippen LogP contribution < -0.4 is 11.2 Å². The van der Waals surface area contributed by atoms with Gasteiger partial charge in [0, 0.05) is 18.7 Å². The van der Waals surface area contributed by atoms with Crippen molar-refractivity contribution >= 4 is 6.08 Å². The molecule has 0 radical (unpaired) electrons. The number of H-pyrrole nitrogens is 1. The number of aliphatic hydroxyl groups is 2. The Morgan fingerprint density at radius 1 is 1.60 bits per heavy atom. The lowest BCUT2D eigenvalue weighted by Gasteiger charge is -2.14. The lowest BCUT2D eigenvalue weighted by molar-refractivity contribution is -0.0459. The number of aliphatic hydroxyl groups excluding tert-OH is 2. The molecule has 20 heavy (non-hydrogen) atoms. The van der Waals surface area contributed by atoms with Gasteiger partial charge in [0.25, 0.3) is 5.56 Å². The molecule has 1 aliphatic heterocycles. The maximum atomic E-state index is 11.7. The van der Waals surface area contributed by atoms with Crippen molar-refractivity contribution in [2.75, 3.05) is 6.61 Å². The van der Waals surface area contributed by atoms with E-state index in [1.807, 2.05) is 0 Å². The van der Waals surface area contributed by atoms with Crippen molar-refractivity contribution in [2.24, 2.45) is 0 Å². The van der Waals surface area contributed by atoms with E-state index in [0.717, 1.165) is 10.6 Å². The molecule has 0 aromatic carbocycles. The largest absolute Gasteiger partial charge is 0.394 e. The molecule has 8 heteroatoms. The number of nitriles is 1. The van der Waals surface area contributed by atoms with Crippen LogP contribution in [-0.2, 0) is 4.74 Å². The number of allylic oxidation sites excluding steroid dienone is 1. The van der Waals surface area contributed by atoms with Crippen LogP contribution in [0.25, 0.3) is 6.08 Å². The normalized spacial score (nSPS) is 25.9. The number of aromatic amines is 1. The quantitative estimate of drug-likeness (QED) is 0.591. The third-order valence-corrected chi connectivity index (χ3v) is 3.03. The van der Waals surface area contributed by atoms with Gasteiger partial charge in [-0.1, -0.05) is 0 Å². The molecule has 1 aliphatic rings. The topological polar surface area (TPSA) is 128 Å². The first-order chi connectivity index (χ1) is 9.56. The Bertz CT molecular complexity index is 669. The van der Waals surface area contributed by atoms with Crippen LogP contribution >= 0.6 is 0 Å². The fourth-order valence-corrected chi connectivity index (χ4v) is 2.01. The van der Waals surface area contributed by atoms with E-state index >= 15 is 0 Å². The first-order valence-electron chi connectivity index (χ1n) is 5.93. The van der Waals surface area contributed by atoms with Crippen LogP contribution in [-0.4, -0.2) is 38.6 Å².